The van der Waals surface area contributed by atoms with Gasteiger partial charge in [-0.3, -0.25) is 9.48 Å². The van der Waals surface area contributed by atoms with Crippen LogP contribution < -0.4 is 5.32 Å². The maximum atomic E-state index is 13.7. The van der Waals surface area contributed by atoms with Crippen LogP contribution in [-0.4, -0.2) is 20.7 Å². The highest BCUT2D eigenvalue weighted by Gasteiger charge is 2.29. The van der Waals surface area contributed by atoms with Crippen molar-refractivity contribution >= 4 is 22.9 Å². The summed E-state index contributed by atoms with van der Waals surface area (Å²) in [6.45, 7) is 1.99. The predicted octanol–water partition coefficient (Wildman–Crippen LogP) is 4.26. The van der Waals surface area contributed by atoms with Gasteiger partial charge in [0.15, 0.2) is 5.69 Å². The number of benzene rings is 1. The van der Waals surface area contributed by atoms with Crippen molar-refractivity contribution in [1.29, 1.82) is 0 Å². The molecule has 0 radical (unpaired) electrons. The number of aryl methyl sites for hydroxylation is 2. The zero-order valence-corrected chi connectivity index (χ0v) is 15.0. The van der Waals surface area contributed by atoms with Crippen molar-refractivity contribution in [3.8, 4) is 11.4 Å². The summed E-state index contributed by atoms with van der Waals surface area (Å²) in [5, 5.41) is 7.54. The van der Waals surface area contributed by atoms with Crippen LogP contribution in [0.4, 0.5) is 14.5 Å². The van der Waals surface area contributed by atoms with Crippen LogP contribution in [0.25, 0.3) is 11.4 Å². The lowest BCUT2D eigenvalue weighted by molar-refractivity contribution is 0.102. The molecule has 5 nitrogen and oxygen atoms in total. The molecule has 8 heteroatoms. The number of carbonyl (C=O) groups is 1. The third-order valence-electron chi connectivity index (χ3n) is 4.30. The Kier molecular flexibility index (Phi) is 4.07. The summed E-state index contributed by atoms with van der Waals surface area (Å²) in [6.07, 6.45) is 2.33. The van der Waals surface area contributed by atoms with Gasteiger partial charge in [0, 0.05) is 17.8 Å². The van der Waals surface area contributed by atoms with Crippen molar-refractivity contribution in [1.82, 2.24) is 14.8 Å². The van der Waals surface area contributed by atoms with E-state index in [9.17, 15) is 13.6 Å². The van der Waals surface area contributed by atoms with Crippen molar-refractivity contribution in [2.45, 2.75) is 25.7 Å². The van der Waals surface area contributed by atoms with Crippen LogP contribution in [0.5, 0.6) is 0 Å². The molecule has 1 fully saturated rings. The zero-order valence-electron chi connectivity index (χ0n) is 14.2. The van der Waals surface area contributed by atoms with Gasteiger partial charge in [-0.05, 0) is 38.0 Å². The molecule has 134 valence electrons. The number of thiazole rings is 1. The van der Waals surface area contributed by atoms with Gasteiger partial charge >= 0.3 is 0 Å². The third-order valence-corrected chi connectivity index (χ3v) is 5.43. The van der Waals surface area contributed by atoms with E-state index in [0.717, 1.165) is 27.7 Å². The molecule has 3 aromatic rings. The second-order valence-electron chi connectivity index (χ2n) is 6.32. The molecule has 1 amide bonds. The molecule has 2 aromatic heterocycles. The van der Waals surface area contributed by atoms with E-state index in [4.69, 9.17) is 4.98 Å². The first-order chi connectivity index (χ1) is 12.4. The molecule has 1 aliphatic rings. The lowest BCUT2D eigenvalue weighted by atomic mass is 10.2. The minimum Gasteiger partial charge on any atom is -0.316 e. The molecule has 0 atom stereocenters. The van der Waals surface area contributed by atoms with Gasteiger partial charge in [-0.2, -0.15) is 5.10 Å². The number of aromatic nitrogens is 3. The minimum absolute atomic E-state index is 0.0746. The van der Waals surface area contributed by atoms with Crippen LogP contribution in [-0.2, 0) is 7.05 Å². The topological polar surface area (TPSA) is 59.8 Å². The summed E-state index contributed by atoms with van der Waals surface area (Å²) < 4.78 is 29.0. The molecule has 4 rings (SSSR count). The number of anilines is 1. The van der Waals surface area contributed by atoms with E-state index in [1.165, 1.54) is 18.9 Å². The van der Waals surface area contributed by atoms with Gasteiger partial charge in [-0.25, -0.2) is 13.8 Å². The summed E-state index contributed by atoms with van der Waals surface area (Å²) >= 11 is 1.66. The van der Waals surface area contributed by atoms with Gasteiger partial charge in [-0.15, -0.1) is 11.3 Å². The largest absolute Gasteiger partial charge is 0.316 e. The maximum absolute atomic E-state index is 13.7. The van der Waals surface area contributed by atoms with E-state index in [1.54, 1.807) is 29.1 Å². The fraction of sp³-hybridized carbons (Fsp3) is 0.278. The van der Waals surface area contributed by atoms with Crippen LogP contribution in [0, 0.1) is 18.6 Å². The van der Waals surface area contributed by atoms with Gasteiger partial charge in [0.1, 0.15) is 23.0 Å². The lowest BCUT2D eigenvalue weighted by Crippen LogP contribution is -2.15. The average molecular weight is 374 g/mol. The molecule has 0 bridgehead atoms. The molecular weight excluding hydrogens is 358 g/mol. The predicted molar refractivity (Wildman–Crippen MR) is 95.3 cm³/mol. The molecule has 1 saturated carbocycles. The first-order valence-electron chi connectivity index (χ1n) is 8.21. The molecular formula is C18H16F2N4OS. The standard InChI is InChI=1S/C18H16F2N4OS/c1-9-15(22-18(26-9)10-6-7-10)14-8-13(23-24(14)2)17(25)21-16-11(19)4-3-5-12(16)20/h3-5,8,10H,6-7H2,1-2H3,(H,21,25). The van der Waals surface area contributed by atoms with Crippen molar-refractivity contribution in [3.05, 3.63) is 51.5 Å². The SMILES string of the molecule is Cc1sc(C2CC2)nc1-c1cc(C(=O)Nc2c(F)cccc2F)nn1C. The Bertz CT molecular complexity index is 987. The molecule has 0 aliphatic heterocycles. The van der Waals surface area contributed by atoms with Crippen molar-refractivity contribution in [3.63, 3.8) is 0 Å². The number of hydrogen-bond donors (Lipinski definition) is 1. The van der Waals surface area contributed by atoms with Gasteiger partial charge < -0.3 is 5.32 Å². The highest BCUT2D eigenvalue weighted by Crippen LogP contribution is 2.44. The molecule has 1 aromatic carbocycles. The zero-order chi connectivity index (χ0) is 18.4. The quantitative estimate of drug-likeness (QED) is 0.742. The molecule has 1 N–H and O–H groups in total. The van der Waals surface area contributed by atoms with E-state index in [1.807, 2.05) is 6.92 Å². The number of hydrogen-bond acceptors (Lipinski definition) is 4. The summed E-state index contributed by atoms with van der Waals surface area (Å²) in [4.78, 5) is 18.1. The Morgan fingerprint density at radius 1 is 1.31 bits per heavy atom. The van der Waals surface area contributed by atoms with Crippen LogP contribution in [0.15, 0.2) is 24.3 Å². The minimum atomic E-state index is -0.834. The lowest BCUT2D eigenvalue weighted by Gasteiger charge is -2.05. The Morgan fingerprint density at radius 3 is 2.65 bits per heavy atom. The first kappa shape index (κ1) is 16.8. The number of rotatable bonds is 4. The highest BCUT2D eigenvalue weighted by molar-refractivity contribution is 7.12. The van der Waals surface area contributed by atoms with Crippen LogP contribution >= 0.6 is 11.3 Å². The van der Waals surface area contributed by atoms with Gasteiger partial charge in [0.05, 0.1) is 10.7 Å². The fourth-order valence-electron chi connectivity index (χ4n) is 2.75. The first-order valence-corrected chi connectivity index (χ1v) is 9.03. The molecule has 1 aliphatic carbocycles. The third kappa shape index (κ3) is 3.01. The normalized spacial score (nSPS) is 13.8. The fourth-order valence-corrected chi connectivity index (χ4v) is 3.85. The van der Waals surface area contributed by atoms with E-state index in [2.05, 4.69) is 10.4 Å². The Balaban J connectivity index is 1.63. The number of nitrogens with one attached hydrogen (secondary N) is 1. The summed E-state index contributed by atoms with van der Waals surface area (Å²) in [6, 6.07) is 5.00. The molecule has 0 unspecified atom stereocenters. The molecule has 2 heterocycles. The Hall–Kier alpha value is -2.61. The monoisotopic (exact) mass is 374 g/mol. The average Bonchev–Trinajstić information content (AvgIpc) is 3.27. The van der Waals surface area contributed by atoms with E-state index < -0.39 is 23.2 Å². The van der Waals surface area contributed by atoms with Gasteiger partial charge in [-0.1, -0.05) is 6.07 Å². The number of para-hydroxylation sites is 1. The number of carbonyl (C=O) groups excluding carboxylic acids is 1. The Morgan fingerprint density at radius 2 is 2.00 bits per heavy atom. The van der Waals surface area contributed by atoms with Gasteiger partial charge in [0.25, 0.3) is 5.91 Å². The van der Waals surface area contributed by atoms with E-state index in [-0.39, 0.29) is 5.69 Å². The van der Waals surface area contributed by atoms with E-state index >= 15 is 0 Å². The van der Waals surface area contributed by atoms with Crippen LogP contribution in [0.1, 0.15) is 39.1 Å². The Labute approximate surface area is 152 Å². The number of nitrogens with zero attached hydrogens (tertiary/aromatic N) is 3. The van der Waals surface area contributed by atoms with Crippen molar-refractivity contribution in [2.24, 2.45) is 7.05 Å². The summed E-state index contributed by atoms with van der Waals surface area (Å²) in [7, 11) is 1.71. The summed E-state index contributed by atoms with van der Waals surface area (Å²) in [5.41, 5.74) is 1.09. The van der Waals surface area contributed by atoms with Crippen molar-refractivity contribution < 1.29 is 13.6 Å². The molecule has 26 heavy (non-hydrogen) atoms. The highest BCUT2D eigenvalue weighted by atomic mass is 32.1. The van der Waals surface area contributed by atoms with Crippen LogP contribution in [0.3, 0.4) is 0 Å². The van der Waals surface area contributed by atoms with Crippen molar-refractivity contribution in [2.75, 3.05) is 5.32 Å². The number of amides is 1. The maximum Gasteiger partial charge on any atom is 0.276 e. The van der Waals surface area contributed by atoms with E-state index in [0.29, 0.717) is 11.6 Å². The molecule has 0 spiro atoms. The smallest absolute Gasteiger partial charge is 0.276 e. The summed E-state index contributed by atoms with van der Waals surface area (Å²) in [5.74, 6) is -1.79. The second-order valence-corrected chi connectivity index (χ2v) is 7.56. The molecule has 0 saturated heterocycles. The van der Waals surface area contributed by atoms with Gasteiger partial charge in [0.2, 0.25) is 0 Å². The number of halogens is 2. The second kappa shape index (κ2) is 6.28. The van der Waals surface area contributed by atoms with Crippen LogP contribution in [0.2, 0.25) is 0 Å².